The second-order valence-electron chi connectivity index (χ2n) is 4.97. The molecule has 0 amide bonds. The van der Waals surface area contributed by atoms with Gasteiger partial charge in [-0.25, -0.2) is 0 Å². The number of fused-ring (bicyclic) bond motifs is 1. The van der Waals surface area contributed by atoms with Gasteiger partial charge in [0, 0.05) is 22.0 Å². The van der Waals surface area contributed by atoms with Crippen LogP contribution in [0.25, 0.3) is 10.8 Å². The number of hydrogen-bond acceptors (Lipinski definition) is 5. The van der Waals surface area contributed by atoms with Crippen molar-refractivity contribution in [1.82, 2.24) is 0 Å². The first-order chi connectivity index (χ1) is 10.5. The van der Waals surface area contributed by atoms with E-state index in [-0.39, 0.29) is 22.6 Å². The predicted octanol–water partition coefficient (Wildman–Crippen LogP) is 2.65. The van der Waals surface area contributed by atoms with E-state index in [2.05, 4.69) is 0 Å². The molecule has 110 valence electrons. The second kappa shape index (κ2) is 4.96. The molecule has 0 aliphatic carbocycles. The van der Waals surface area contributed by atoms with Gasteiger partial charge >= 0.3 is 0 Å². The molecule has 5 nitrogen and oxygen atoms in total. The predicted molar refractivity (Wildman–Crippen MR) is 86.0 cm³/mol. The molecule has 0 saturated heterocycles. The van der Waals surface area contributed by atoms with Gasteiger partial charge in [0.1, 0.15) is 0 Å². The van der Waals surface area contributed by atoms with Crippen molar-refractivity contribution < 1.29 is 15.0 Å². The molecule has 3 aromatic carbocycles. The summed E-state index contributed by atoms with van der Waals surface area (Å²) in [6.07, 6.45) is 0. The first-order valence-electron chi connectivity index (χ1n) is 6.63. The van der Waals surface area contributed by atoms with Gasteiger partial charge in [-0.3, -0.25) is 4.79 Å². The average molecular weight is 294 g/mol. The van der Waals surface area contributed by atoms with Crippen molar-refractivity contribution in [1.29, 1.82) is 0 Å². The Labute approximate surface area is 126 Å². The van der Waals surface area contributed by atoms with Crippen LogP contribution < -0.4 is 11.5 Å². The summed E-state index contributed by atoms with van der Waals surface area (Å²) in [7, 11) is 0. The van der Waals surface area contributed by atoms with E-state index in [1.807, 2.05) is 0 Å². The summed E-state index contributed by atoms with van der Waals surface area (Å²) < 4.78 is 0. The van der Waals surface area contributed by atoms with E-state index in [1.54, 1.807) is 30.3 Å². The number of nitrogens with two attached hydrogens (primary N) is 2. The number of phenolic OH excluding ortho intramolecular Hbond substituents is 2. The van der Waals surface area contributed by atoms with Gasteiger partial charge in [-0.1, -0.05) is 24.3 Å². The number of carbonyl (C=O) groups excluding carboxylic acids is 1. The molecule has 0 saturated carbocycles. The molecule has 0 unspecified atom stereocenters. The Hall–Kier alpha value is -3.21. The van der Waals surface area contributed by atoms with Crippen LogP contribution in [-0.4, -0.2) is 16.0 Å². The number of phenols is 2. The summed E-state index contributed by atoms with van der Waals surface area (Å²) in [4.78, 5) is 12.6. The minimum atomic E-state index is -0.463. The summed E-state index contributed by atoms with van der Waals surface area (Å²) in [5.41, 5.74) is 13.1. The van der Waals surface area contributed by atoms with Crippen LogP contribution >= 0.6 is 0 Å². The topological polar surface area (TPSA) is 110 Å². The normalized spacial score (nSPS) is 10.7. The first kappa shape index (κ1) is 13.8. The first-order valence-corrected chi connectivity index (χ1v) is 6.63. The molecule has 5 heteroatoms. The Kier molecular flexibility index (Phi) is 3.10. The second-order valence-corrected chi connectivity index (χ2v) is 4.97. The largest absolute Gasteiger partial charge is 0.504 e. The lowest BCUT2D eigenvalue weighted by molar-refractivity contribution is 0.103. The Balaban J connectivity index is 2.20. The van der Waals surface area contributed by atoms with E-state index in [0.717, 1.165) is 5.39 Å². The Morgan fingerprint density at radius 1 is 0.818 bits per heavy atom. The summed E-state index contributed by atoms with van der Waals surface area (Å²) in [5, 5.41) is 20.8. The van der Waals surface area contributed by atoms with Gasteiger partial charge in [-0.05, 0) is 24.3 Å². The fourth-order valence-electron chi connectivity index (χ4n) is 2.46. The zero-order valence-electron chi connectivity index (χ0n) is 11.6. The van der Waals surface area contributed by atoms with Crippen molar-refractivity contribution in [3.63, 3.8) is 0 Å². The third kappa shape index (κ3) is 2.00. The highest BCUT2D eigenvalue weighted by Crippen LogP contribution is 2.34. The molecule has 0 atom stereocenters. The minimum absolute atomic E-state index is 0.00467. The highest BCUT2D eigenvalue weighted by molar-refractivity contribution is 6.18. The third-order valence-corrected chi connectivity index (χ3v) is 3.64. The summed E-state index contributed by atoms with van der Waals surface area (Å²) in [5.74, 6) is -1.27. The van der Waals surface area contributed by atoms with Gasteiger partial charge in [0.05, 0.1) is 11.3 Å². The molecule has 3 rings (SSSR count). The molecular weight excluding hydrogens is 280 g/mol. The van der Waals surface area contributed by atoms with Gasteiger partial charge < -0.3 is 21.7 Å². The fraction of sp³-hybridized carbons (Fsp3) is 0. The number of nitrogen functional groups attached to an aromatic ring is 2. The average Bonchev–Trinajstić information content (AvgIpc) is 2.51. The molecule has 0 spiro atoms. The monoisotopic (exact) mass is 294 g/mol. The number of para-hydroxylation sites is 1. The number of ketones is 1. The van der Waals surface area contributed by atoms with Crippen LogP contribution in [0.5, 0.6) is 11.5 Å². The summed E-state index contributed by atoms with van der Waals surface area (Å²) in [6.45, 7) is 0. The molecule has 0 radical (unpaired) electrons. The molecule has 0 fully saturated rings. The fourth-order valence-corrected chi connectivity index (χ4v) is 2.46. The van der Waals surface area contributed by atoms with Crippen LogP contribution in [0, 0.1) is 0 Å². The van der Waals surface area contributed by atoms with Gasteiger partial charge in [0.15, 0.2) is 17.3 Å². The molecule has 0 bridgehead atoms. The molecule has 0 aliphatic rings. The lowest BCUT2D eigenvalue weighted by Crippen LogP contribution is -2.06. The zero-order chi connectivity index (χ0) is 15.9. The van der Waals surface area contributed by atoms with Gasteiger partial charge in [0.25, 0.3) is 0 Å². The van der Waals surface area contributed by atoms with Gasteiger partial charge in [0.2, 0.25) is 0 Å². The maximum absolute atomic E-state index is 12.6. The number of carbonyl (C=O) groups is 1. The number of benzene rings is 3. The van der Waals surface area contributed by atoms with Crippen molar-refractivity contribution in [3.8, 4) is 11.5 Å². The minimum Gasteiger partial charge on any atom is -0.504 e. The van der Waals surface area contributed by atoms with Crippen molar-refractivity contribution in [2.24, 2.45) is 0 Å². The number of aromatic hydroxyl groups is 2. The SMILES string of the molecule is Nc1cccc2c(N)c(C(=O)c3cccc(O)c3O)ccc12. The lowest BCUT2D eigenvalue weighted by atomic mass is 9.96. The Bertz CT molecular complexity index is 904. The third-order valence-electron chi connectivity index (χ3n) is 3.64. The zero-order valence-corrected chi connectivity index (χ0v) is 11.6. The van der Waals surface area contributed by atoms with E-state index >= 15 is 0 Å². The van der Waals surface area contributed by atoms with Gasteiger partial charge in [-0.2, -0.15) is 0 Å². The van der Waals surface area contributed by atoms with Crippen molar-refractivity contribution in [3.05, 3.63) is 59.7 Å². The molecular formula is C17H14N2O3. The number of hydrogen-bond donors (Lipinski definition) is 4. The van der Waals surface area contributed by atoms with Crippen LogP contribution in [0.2, 0.25) is 0 Å². The number of rotatable bonds is 2. The van der Waals surface area contributed by atoms with Crippen LogP contribution in [0.15, 0.2) is 48.5 Å². The highest BCUT2D eigenvalue weighted by atomic mass is 16.3. The van der Waals surface area contributed by atoms with Gasteiger partial charge in [-0.15, -0.1) is 0 Å². The molecule has 0 aliphatic heterocycles. The van der Waals surface area contributed by atoms with Crippen LogP contribution in [0.4, 0.5) is 11.4 Å². The lowest BCUT2D eigenvalue weighted by Gasteiger charge is -2.11. The van der Waals surface area contributed by atoms with E-state index in [0.29, 0.717) is 11.1 Å². The van der Waals surface area contributed by atoms with E-state index in [9.17, 15) is 15.0 Å². The maximum atomic E-state index is 12.6. The number of anilines is 2. The van der Waals surface area contributed by atoms with Crippen molar-refractivity contribution >= 4 is 27.9 Å². The van der Waals surface area contributed by atoms with Crippen LogP contribution in [0.3, 0.4) is 0 Å². The summed E-state index contributed by atoms with van der Waals surface area (Å²) >= 11 is 0. The quantitative estimate of drug-likeness (QED) is 0.330. The molecule has 0 aromatic heterocycles. The molecule has 0 heterocycles. The van der Waals surface area contributed by atoms with Crippen molar-refractivity contribution in [2.75, 3.05) is 11.5 Å². The van der Waals surface area contributed by atoms with E-state index in [4.69, 9.17) is 11.5 Å². The highest BCUT2D eigenvalue weighted by Gasteiger charge is 2.19. The Morgan fingerprint density at radius 2 is 1.55 bits per heavy atom. The molecule has 22 heavy (non-hydrogen) atoms. The Morgan fingerprint density at radius 3 is 2.32 bits per heavy atom. The van der Waals surface area contributed by atoms with E-state index in [1.165, 1.54) is 18.2 Å². The maximum Gasteiger partial charge on any atom is 0.198 e. The summed E-state index contributed by atoms with van der Waals surface area (Å²) in [6, 6.07) is 12.8. The standard InChI is InChI=1S/C17H14N2O3/c18-13-5-1-3-10-9(13)7-8-11(15(10)19)16(21)12-4-2-6-14(20)17(12)22/h1-8,20,22H,18-19H2. The van der Waals surface area contributed by atoms with Crippen LogP contribution in [0.1, 0.15) is 15.9 Å². The molecule has 6 N–H and O–H groups in total. The molecule has 3 aromatic rings. The van der Waals surface area contributed by atoms with Crippen molar-refractivity contribution in [2.45, 2.75) is 0 Å². The van der Waals surface area contributed by atoms with Crippen LogP contribution in [-0.2, 0) is 0 Å². The van der Waals surface area contributed by atoms with E-state index < -0.39 is 11.5 Å². The smallest absolute Gasteiger partial charge is 0.198 e.